The van der Waals surface area contributed by atoms with Crippen molar-refractivity contribution in [3.05, 3.63) is 48.8 Å². The second-order valence-corrected chi connectivity index (χ2v) is 8.93. The van der Waals surface area contributed by atoms with Crippen molar-refractivity contribution in [3.8, 4) is 17.1 Å². The van der Waals surface area contributed by atoms with Gasteiger partial charge in [0.1, 0.15) is 5.75 Å². The van der Waals surface area contributed by atoms with Crippen molar-refractivity contribution < 1.29 is 18.3 Å². The molecule has 10 heteroatoms. The van der Waals surface area contributed by atoms with Gasteiger partial charge in [0, 0.05) is 29.7 Å². The summed E-state index contributed by atoms with van der Waals surface area (Å²) in [6, 6.07) is 9.91. The number of hydrogen-bond donors (Lipinski definition) is 1. The third-order valence-corrected chi connectivity index (χ3v) is 6.62. The van der Waals surface area contributed by atoms with Gasteiger partial charge in [-0.05, 0) is 55.2 Å². The zero-order valence-corrected chi connectivity index (χ0v) is 19.0. The van der Waals surface area contributed by atoms with Gasteiger partial charge in [0.05, 0.1) is 5.75 Å². The summed E-state index contributed by atoms with van der Waals surface area (Å²) in [6.07, 6.45) is 8.05. The van der Waals surface area contributed by atoms with E-state index < -0.39 is 6.61 Å². The summed E-state index contributed by atoms with van der Waals surface area (Å²) in [4.78, 5) is 16.7. The first-order chi connectivity index (χ1) is 16.0. The zero-order valence-electron chi connectivity index (χ0n) is 18.2. The van der Waals surface area contributed by atoms with Crippen molar-refractivity contribution >= 4 is 23.4 Å². The molecule has 0 aliphatic heterocycles. The predicted octanol–water partition coefficient (Wildman–Crippen LogP) is 5.42. The number of anilines is 1. The number of halogens is 2. The number of ether oxygens (including phenoxy) is 1. The van der Waals surface area contributed by atoms with Gasteiger partial charge in [0.25, 0.3) is 0 Å². The van der Waals surface area contributed by atoms with Gasteiger partial charge in [0.2, 0.25) is 5.91 Å². The first-order valence-electron chi connectivity index (χ1n) is 10.8. The number of nitrogens with one attached hydrogen (secondary N) is 1. The molecule has 0 spiro atoms. The lowest BCUT2D eigenvalue weighted by Gasteiger charge is -2.31. The van der Waals surface area contributed by atoms with Crippen LogP contribution in [0, 0.1) is 5.92 Å². The van der Waals surface area contributed by atoms with Gasteiger partial charge in [-0.2, -0.15) is 8.78 Å². The fraction of sp³-hybridized carbons (Fsp3) is 0.391. The summed E-state index contributed by atoms with van der Waals surface area (Å²) >= 11 is 1.33. The minimum absolute atomic E-state index is 0.0370. The van der Waals surface area contributed by atoms with Crippen LogP contribution in [0.15, 0.2) is 53.9 Å². The highest BCUT2D eigenvalue weighted by Crippen LogP contribution is 2.38. The highest BCUT2D eigenvalue weighted by Gasteiger charge is 2.29. The molecule has 0 bridgehead atoms. The van der Waals surface area contributed by atoms with Gasteiger partial charge in [-0.25, -0.2) is 0 Å². The van der Waals surface area contributed by atoms with E-state index in [4.69, 9.17) is 0 Å². The number of rotatable bonds is 8. The van der Waals surface area contributed by atoms with E-state index >= 15 is 0 Å². The molecule has 0 unspecified atom stereocenters. The summed E-state index contributed by atoms with van der Waals surface area (Å²) in [5.74, 6) is 1.19. The Bertz CT molecular complexity index is 1060. The van der Waals surface area contributed by atoms with Crippen molar-refractivity contribution in [1.82, 2.24) is 19.7 Å². The molecule has 174 valence electrons. The molecule has 33 heavy (non-hydrogen) atoms. The second kappa shape index (κ2) is 10.7. The van der Waals surface area contributed by atoms with Crippen molar-refractivity contribution in [1.29, 1.82) is 0 Å². The van der Waals surface area contributed by atoms with E-state index in [1.807, 2.05) is 12.1 Å². The second-order valence-electron chi connectivity index (χ2n) is 7.99. The average molecular weight is 474 g/mol. The fourth-order valence-corrected chi connectivity index (χ4v) is 4.89. The number of carbonyl (C=O) groups excluding carboxylic acids is 1. The summed E-state index contributed by atoms with van der Waals surface area (Å²) in [5.41, 5.74) is 1.39. The molecular formula is C23H25F2N5O2S. The molecular weight excluding hydrogens is 448 g/mol. The van der Waals surface area contributed by atoms with Crippen LogP contribution in [0.2, 0.25) is 0 Å². The van der Waals surface area contributed by atoms with Gasteiger partial charge in [0.15, 0.2) is 11.0 Å². The monoisotopic (exact) mass is 473 g/mol. The molecule has 1 saturated carbocycles. The van der Waals surface area contributed by atoms with Gasteiger partial charge in [-0.3, -0.25) is 14.3 Å². The number of hydrogen-bond acceptors (Lipinski definition) is 6. The van der Waals surface area contributed by atoms with E-state index in [0.29, 0.717) is 16.8 Å². The highest BCUT2D eigenvalue weighted by atomic mass is 32.2. The molecule has 1 amide bonds. The molecule has 1 aliphatic carbocycles. The zero-order chi connectivity index (χ0) is 23.2. The maximum Gasteiger partial charge on any atom is 0.387 e. The molecule has 1 aromatic carbocycles. The van der Waals surface area contributed by atoms with Crippen LogP contribution in [-0.4, -0.2) is 38.0 Å². The molecule has 2 heterocycles. The number of carbonyl (C=O) groups is 1. The fourth-order valence-electron chi connectivity index (χ4n) is 4.09. The van der Waals surface area contributed by atoms with Crippen molar-refractivity contribution in [2.75, 3.05) is 11.1 Å². The number of alkyl halides is 2. The quantitative estimate of drug-likeness (QED) is 0.440. The number of pyridine rings is 1. The Morgan fingerprint density at radius 2 is 2.00 bits per heavy atom. The third kappa shape index (κ3) is 5.87. The SMILES string of the molecule is C[C@H]1CCCC[C@@H]1n1c(SCC(=O)Nc2ccc(OC(F)F)cc2)nnc1-c1cccnc1. The average Bonchev–Trinajstić information content (AvgIpc) is 3.23. The summed E-state index contributed by atoms with van der Waals surface area (Å²) in [6.45, 7) is -0.637. The van der Waals surface area contributed by atoms with Gasteiger partial charge < -0.3 is 10.1 Å². The highest BCUT2D eigenvalue weighted by molar-refractivity contribution is 7.99. The Labute approximate surface area is 195 Å². The Kier molecular flexibility index (Phi) is 7.54. The van der Waals surface area contributed by atoms with Gasteiger partial charge in [-0.15, -0.1) is 10.2 Å². The van der Waals surface area contributed by atoms with Crippen LogP contribution in [0.25, 0.3) is 11.4 Å². The summed E-state index contributed by atoms with van der Waals surface area (Å²) in [7, 11) is 0. The lowest BCUT2D eigenvalue weighted by atomic mass is 9.85. The summed E-state index contributed by atoms with van der Waals surface area (Å²) < 4.78 is 31.1. The molecule has 2 atom stereocenters. The number of aromatic nitrogens is 4. The Balaban J connectivity index is 1.47. The van der Waals surface area contributed by atoms with E-state index in [0.717, 1.165) is 30.7 Å². The maximum atomic E-state index is 12.5. The first kappa shape index (κ1) is 23.2. The minimum atomic E-state index is -2.89. The van der Waals surface area contributed by atoms with Gasteiger partial charge >= 0.3 is 6.61 Å². The van der Waals surface area contributed by atoms with Crippen LogP contribution < -0.4 is 10.1 Å². The van der Waals surface area contributed by atoms with E-state index in [9.17, 15) is 13.6 Å². The van der Waals surface area contributed by atoms with E-state index in [2.05, 4.69) is 36.7 Å². The van der Waals surface area contributed by atoms with Crippen molar-refractivity contribution in [3.63, 3.8) is 0 Å². The smallest absolute Gasteiger partial charge is 0.387 e. The van der Waals surface area contributed by atoms with Crippen LogP contribution in [0.3, 0.4) is 0 Å². The molecule has 3 aromatic rings. The maximum absolute atomic E-state index is 12.5. The molecule has 0 saturated heterocycles. The van der Waals surface area contributed by atoms with Crippen molar-refractivity contribution in [2.45, 2.75) is 50.4 Å². The van der Waals surface area contributed by atoms with Crippen LogP contribution >= 0.6 is 11.8 Å². The predicted molar refractivity (Wildman–Crippen MR) is 122 cm³/mol. The van der Waals surface area contributed by atoms with Crippen LogP contribution in [0.4, 0.5) is 14.5 Å². The Morgan fingerprint density at radius 3 is 2.70 bits per heavy atom. The number of amides is 1. The van der Waals surface area contributed by atoms with E-state index in [-0.39, 0.29) is 23.5 Å². The van der Waals surface area contributed by atoms with Crippen LogP contribution in [0.5, 0.6) is 5.75 Å². The molecule has 2 aromatic heterocycles. The Hall–Kier alpha value is -3.01. The molecule has 1 aliphatic rings. The van der Waals surface area contributed by atoms with E-state index in [1.165, 1.54) is 42.4 Å². The molecule has 7 nitrogen and oxygen atoms in total. The normalized spacial score (nSPS) is 18.3. The number of nitrogens with zero attached hydrogens (tertiary/aromatic N) is 4. The number of benzene rings is 1. The van der Waals surface area contributed by atoms with Gasteiger partial charge in [-0.1, -0.05) is 31.5 Å². The minimum Gasteiger partial charge on any atom is -0.435 e. The van der Waals surface area contributed by atoms with Crippen LogP contribution in [-0.2, 0) is 4.79 Å². The summed E-state index contributed by atoms with van der Waals surface area (Å²) in [5, 5.41) is 12.3. The molecule has 4 rings (SSSR count). The van der Waals surface area contributed by atoms with Crippen molar-refractivity contribution in [2.24, 2.45) is 5.92 Å². The first-order valence-corrected chi connectivity index (χ1v) is 11.8. The topological polar surface area (TPSA) is 81.9 Å². The molecule has 0 radical (unpaired) electrons. The molecule has 1 fully saturated rings. The number of thioether (sulfide) groups is 1. The lowest BCUT2D eigenvalue weighted by molar-refractivity contribution is -0.113. The van der Waals surface area contributed by atoms with Crippen LogP contribution in [0.1, 0.15) is 38.6 Å². The Morgan fingerprint density at radius 1 is 1.21 bits per heavy atom. The molecule has 1 N–H and O–H groups in total. The third-order valence-electron chi connectivity index (χ3n) is 5.68. The lowest BCUT2D eigenvalue weighted by Crippen LogP contribution is -2.23. The standard InChI is InChI=1S/C23H25F2N5O2S/c1-15-5-2-3-7-19(15)30-21(16-6-4-12-26-13-16)28-29-23(30)33-14-20(31)27-17-8-10-18(11-9-17)32-22(24)25/h4,6,8-13,15,19,22H,2-3,5,7,14H2,1H3,(H,27,31)/t15-,19-/m0/s1. The van der Waals surface area contributed by atoms with E-state index in [1.54, 1.807) is 12.4 Å². The largest absolute Gasteiger partial charge is 0.435 e.